The van der Waals surface area contributed by atoms with Crippen LogP contribution in [-0.2, 0) is 16.1 Å². The van der Waals surface area contributed by atoms with Crippen LogP contribution in [0.1, 0.15) is 53.6 Å². The lowest BCUT2D eigenvalue weighted by molar-refractivity contribution is -0.140. The highest BCUT2D eigenvalue weighted by Crippen LogP contribution is 2.43. The lowest BCUT2D eigenvalue weighted by atomic mass is 9.91. The molecule has 188 valence electrons. The predicted octanol–water partition coefficient (Wildman–Crippen LogP) is 5.63. The summed E-state index contributed by atoms with van der Waals surface area (Å²) in [6, 6.07) is 14.3. The van der Waals surface area contributed by atoms with Gasteiger partial charge in [0, 0.05) is 47.2 Å². The highest BCUT2D eigenvalue weighted by atomic mass is 16.5. The Bertz CT molecular complexity index is 1540. The first-order valence-corrected chi connectivity index (χ1v) is 12.2. The van der Waals surface area contributed by atoms with E-state index in [9.17, 15) is 14.7 Å². The Labute approximate surface area is 215 Å². The summed E-state index contributed by atoms with van der Waals surface area (Å²) in [5, 5.41) is 12.6. The highest BCUT2D eigenvalue weighted by Gasteiger charge is 2.47. The molecular weight excluding hydrogens is 466 g/mol. The van der Waals surface area contributed by atoms with Gasteiger partial charge in [-0.1, -0.05) is 32.0 Å². The molecule has 1 aliphatic rings. The van der Waals surface area contributed by atoms with Crippen LogP contribution >= 0.6 is 0 Å². The van der Waals surface area contributed by atoms with E-state index in [-0.39, 0.29) is 23.8 Å². The average Bonchev–Trinajstić information content (AvgIpc) is 3.43. The third-order valence-corrected chi connectivity index (χ3v) is 7.01. The Morgan fingerprint density at radius 2 is 1.86 bits per heavy atom. The third-order valence-electron chi connectivity index (χ3n) is 7.01. The number of fused-ring (bicyclic) bond motifs is 1. The maximum Gasteiger partial charge on any atom is 0.295 e. The molecule has 1 atom stereocenters. The van der Waals surface area contributed by atoms with Gasteiger partial charge in [0.2, 0.25) is 0 Å². The lowest BCUT2D eigenvalue weighted by Gasteiger charge is -2.25. The van der Waals surface area contributed by atoms with Crippen molar-refractivity contribution in [2.45, 2.75) is 39.3 Å². The average molecular weight is 496 g/mol. The number of carbonyl (C=O) groups excluding carboxylic acids is 2. The summed E-state index contributed by atoms with van der Waals surface area (Å²) in [4.78, 5) is 35.8. The van der Waals surface area contributed by atoms with E-state index in [4.69, 9.17) is 4.74 Å². The van der Waals surface area contributed by atoms with Crippen molar-refractivity contribution in [3.05, 3.63) is 101 Å². The number of methoxy groups -OCH3 is 1. The summed E-state index contributed by atoms with van der Waals surface area (Å²) in [6.07, 6.45) is 5.12. The molecule has 0 saturated carbocycles. The van der Waals surface area contributed by atoms with Crippen molar-refractivity contribution in [3.8, 4) is 5.75 Å². The van der Waals surface area contributed by atoms with Gasteiger partial charge < -0.3 is 19.7 Å². The molecule has 0 radical (unpaired) electrons. The van der Waals surface area contributed by atoms with Crippen LogP contribution < -0.4 is 4.74 Å². The normalized spacial score (nSPS) is 17.2. The van der Waals surface area contributed by atoms with Crippen LogP contribution in [0, 0.1) is 6.92 Å². The number of likely N-dealkylation sites (tertiary alicyclic amines) is 1. The molecule has 0 spiro atoms. The Morgan fingerprint density at radius 1 is 1.14 bits per heavy atom. The number of benzene rings is 2. The molecule has 1 unspecified atom stereocenters. The van der Waals surface area contributed by atoms with Gasteiger partial charge in [-0.25, -0.2) is 0 Å². The number of aromatic amines is 1. The minimum Gasteiger partial charge on any atom is -0.507 e. The number of para-hydroxylation sites is 1. The second-order valence-corrected chi connectivity index (χ2v) is 9.64. The molecule has 1 aliphatic heterocycles. The largest absolute Gasteiger partial charge is 0.507 e. The number of aryl methyl sites for hydroxylation is 1. The van der Waals surface area contributed by atoms with E-state index < -0.39 is 17.7 Å². The number of aliphatic hydroxyl groups is 1. The fourth-order valence-electron chi connectivity index (χ4n) is 5.10. The summed E-state index contributed by atoms with van der Waals surface area (Å²) < 4.78 is 5.56. The number of H-pyrrole nitrogens is 1. The number of nitrogens with one attached hydrogen (secondary N) is 1. The van der Waals surface area contributed by atoms with Crippen molar-refractivity contribution in [3.63, 3.8) is 0 Å². The zero-order valence-corrected chi connectivity index (χ0v) is 21.3. The number of Topliss-reactive ketones (excluding diaryl/α,β-unsaturated/α-hetero) is 1. The number of aliphatic hydroxyl groups excluding tert-OH is 1. The first-order valence-electron chi connectivity index (χ1n) is 12.2. The molecule has 4 aromatic rings. The number of aromatic nitrogens is 2. The quantitative estimate of drug-likeness (QED) is 0.205. The van der Waals surface area contributed by atoms with Crippen molar-refractivity contribution < 1.29 is 19.4 Å². The topological polar surface area (TPSA) is 95.5 Å². The fraction of sp³-hybridized carbons (Fsp3) is 0.233. The van der Waals surface area contributed by atoms with E-state index in [0.717, 1.165) is 38.9 Å². The number of carbonyl (C=O) groups is 2. The van der Waals surface area contributed by atoms with Crippen LogP contribution in [0.25, 0.3) is 16.7 Å². The van der Waals surface area contributed by atoms with E-state index in [1.165, 1.54) is 4.90 Å². The van der Waals surface area contributed by atoms with Gasteiger partial charge in [-0.15, -0.1) is 0 Å². The SMILES string of the molecule is COc1cc(C)c(/C(O)=C2\C(=O)C(=O)N(Cc3ccncc3)C2c2c[nH]c3ccccc23)cc1C(C)C. The van der Waals surface area contributed by atoms with E-state index in [0.29, 0.717) is 5.56 Å². The zero-order valence-electron chi connectivity index (χ0n) is 21.3. The van der Waals surface area contributed by atoms with Crippen molar-refractivity contribution in [2.24, 2.45) is 0 Å². The van der Waals surface area contributed by atoms with E-state index in [2.05, 4.69) is 9.97 Å². The number of hydrogen-bond acceptors (Lipinski definition) is 5. The first-order chi connectivity index (χ1) is 17.8. The molecule has 1 saturated heterocycles. The van der Waals surface area contributed by atoms with E-state index in [1.54, 1.807) is 19.5 Å². The molecule has 37 heavy (non-hydrogen) atoms. The van der Waals surface area contributed by atoms with Gasteiger partial charge in [0.05, 0.1) is 18.7 Å². The molecule has 2 aromatic heterocycles. The number of hydrogen-bond donors (Lipinski definition) is 2. The predicted molar refractivity (Wildman–Crippen MR) is 142 cm³/mol. The Kier molecular flexibility index (Phi) is 6.29. The fourth-order valence-corrected chi connectivity index (χ4v) is 5.10. The summed E-state index contributed by atoms with van der Waals surface area (Å²) in [5.74, 6) is -0.698. The van der Waals surface area contributed by atoms with Crippen LogP contribution in [0.5, 0.6) is 5.75 Å². The third kappa shape index (κ3) is 4.16. The molecule has 1 fully saturated rings. The van der Waals surface area contributed by atoms with Gasteiger partial charge >= 0.3 is 0 Å². The van der Waals surface area contributed by atoms with Gasteiger partial charge in [0.1, 0.15) is 11.5 Å². The number of ether oxygens (including phenoxy) is 1. The minimum absolute atomic E-state index is 0.0757. The maximum absolute atomic E-state index is 13.6. The molecule has 0 bridgehead atoms. The second-order valence-electron chi connectivity index (χ2n) is 9.64. The van der Waals surface area contributed by atoms with Crippen molar-refractivity contribution in [2.75, 3.05) is 7.11 Å². The van der Waals surface area contributed by atoms with Gasteiger partial charge in [0.15, 0.2) is 0 Å². The van der Waals surface area contributed by atoms with Crippen molar-refractivity contribution >= 4 is 28.4 Å². The van der Waals surface area contributed by atoms with Crippen LogP contribution in [0.4, 0.5) is 0 Å². The molecule has 3 heterocycles. The van der Waals surface area contributed by atoms with Crippen molar-refractivity contribution in [1.29, 1.82) is 0 Å². The van der Waals surface area contributed by atoms with Crippen LogP contribution in [-0.4, -0.2) is 38.8 Å². The smallest absolute Gasteiger partial charge is 0.295 e. The highest BCUT2D eigenvalue weighted by molar-refractivity contribution is 6.46. The van der Waals surface area contributed by atoms with Crippen LogP contribution in [0.15, 0.2) is 72.7 Å². The van der Waals surface area contributed by atoms with Gasteiger partial charge in [0.25, 0.3) is 11.7 Å². The molecular formula is C30H29N3O4. The minimum atomic E-state index is -0.770. The standard InChI is InChI=1S/C30H29N3O4/c1-17(2)21-14-22(18(3)13-25(21)37-4)28(34)26-27(23-15-32-24-8-6-5-7-20(23)24)33(30(36)29(26)35)16-19-9-11-31-12-10-19/h5-15,17,27,32,34H,16H2,1-4H3/b28-26+. The molecule has 1 amide bonds. The number of nitrogens with zero attached hydrogens (tertiary/aromatic N) is 2. The Morgan fingerprint density at radius 3 is 2.57 bits per heavy atom. The van der Waals surface area contributed by atoms with E-state index >= 15 is 0 Å². The number of amides is 1. The number of pyridine rings is 1. The monoisotopic (exact) mass is 495 g/mol. The van der Waals surface area contributed by atoms with Crippen LogP contribution in [0.2, 0.25) is 0 Å². The van der Waals surface area contributed by atoms with Gasteiger partial charge in [-0.2, -0.15) is 0 Å². The second kappa shape index (κ2) is 9.58. The molecule has 0 aliphatic carbocycles. The molecule has 2 N–H and O–H groups in total. The Hall–Kier alpha value is -4.39. The first kappa shape index (κ1) is 24.3. The summed E-state index contributed by atoms with van der Waals surface area (Å²) in [6.45, 7) is 6.13. The van der Waals surface area contributed by atoms with E-state index in [1.807, 2.05) is 75.5 Å². The van der Waals surface area contributed by atoms with Gasteiger partial charge in [-0.3, -0.25) is 14.6 Å². The molecule has 2 aromatic carbocycles. The van der Waals surface area contributed by atoms with Gasteiger partial charge in [-0.05, 0) is 59.9 Å². The molecule has 7 heteroatoms. The number of ketones is 1. The summed E-state index contributed by atoms with van der Waals surface area (Å²) in [5.41, 5.74) is 4.71. The maximum atomic E-state index is 13.6. The Balaban J connectivity index is 1.74. The lowest BCUT2D eigenvalue weighted by Crippen LogP contribution is -2.29. The molecule has 5 rings (SSSR count). The number of rotatable bonds is 6. The molecule has 7 nitrogen and oxygen atoms in total. The zero-order chi connectivity index (χ0) is 26.3. The van der Waals surface area contributed by atoms with Crippen LogP contribution in [0.3, 0.4) is 0 Å². The van der Waals surface area contributed by atoms with Crippen molar-refractivity contribution in [1.82, 2.24) is 14.9 Å². The summed E-state index contributed by atoms with van der Waals surface area (Å²) in [7, 11) is 1.61. The summed E-state index contributed by atoms with van der Waals surface area (Å²) >= 11 is 0.